The number of likely N-dealkylation sites (tertiary alicyclic amines) is 1. The maximum Gasteiger partial charge on any atom is 0.264 e. The molecule has 2 aliphatic rings. The number of nitrogen functional groups attached to an aromatic ring is 1. The van der Waals surface area contributed by atoms with Gasteiger partial charge in [-0.3, -0.25) is 4.79 Å². The first-order chi connectivity index (χ1) is 20.8. The number of nitrogens with zero attached hydrogens (tertiary/aromatic N) is 6. The van der Waals surface area contributed by atoms with Gasteiger partial charge in [-0.25, -0.2) is 23.4 Å². The van der Waals surface area contributed by atoms with Gasteiger partial charge in [-0.2, -0.15) is 14.8 Å². The Morgan fingerprint density at radius 3 is 2.79 bits per heavy atom. The summed E-state index contributed by atoms with van der Waals surface area (Å²) in [6, 6.07) is 9.08. The van der Waals surface area contributed by atoms with Gasteiger partial charge in [0.25, 0.3) is 5.91 Å². The highest BCUT2D eigenvalue weighted by Gasteiger charge is 2.33. The largest absolute Gasteiger partial charge is 0.454 e. The predicted octanol–water partition coefficient (Wildman–Crippen LogP) is 4.48. The number of fused-ring (bicyclic) bond motifs is 1. The van der Waals surface area contributed by atoms with Crippen molar-refractivity contribution in [3.05, 3.63) is 71.8 Å². The molecule has 2 aromatic carbocycles. The number of carbonyl (C=O) groups excluding carboxylic acids is 1. The Morgan fingerprint density at radius 2 is 2.02 bits per heavy atom. The van der Waals surface area contributed by atoms with Crippen LogP contribution in [0, 0.1) is 28.8 Å². The number of amides is 1. The molecule has 2 fully saturated rings. The molecule has 1 unspecified atom stereocenters. The van der Waals surface area contributed by atoms with Crippen LogP contribution in [0.1, 0.15) is 25.7 Å². The van der Waals surface area contributed by atoms with Crippen LogP contribution >= 0.6 is 0 Å². The second-order valence-corrected chi connectivity index (χ2v) is 10.5. The molecule has 0 aliphatic carbocycles. The number of carbonyl (C=O) groups is 1. The molecule has 2 aromatic heterocycles. The summed E-state index contributed by atoms with van der Waals surface area (Å²) in [6.45, 7) is 1.58. The van der Waals surface area contributed by atoms with Gasteiger partial charge >= 0.3 is 0 Å². The van der Waals surface area contributed by atoms with E-state index >= 15 is 4.39 Å². The van der Waals surface area contributed by atoms with E-state index in [9.17, 15) is 18.8 Å². The monoisotopic (exact) mass is 588 g/mol. The summed E-state index contributed by atoms with van der Waals surface area (Å²) in [6.07, 6.45) is 6.28. The summed E-state index contributed by atoms with van der Waals surface area (Å²) >= 11 is 0. The van der Waals surface area contributed by atoms with Crippen LogP contribution in [-0.4, -0.2) is 55.7 Å². The highest BCUT2D eigenvalue weighted by atomic mass is 19.2. The number of halogens is 3. The van der Waals surface area contributed by atoms with Gasteiger partial charge in [0.05, 0.1) is 18.0 Å². The first kappa shape index (κ1) is 28.2. The van der Waals surface area contributed by atoms with E-state index in [1.54, 1.807) is 15.7 Å². The zero-order valence-corrected chi connectivity index (χ0v) is 22.9. The topological polar surface area (TPSA) is 135 Å². The van der Waals surface area contributed by atoms with Crippen LogP contribution in [0.2, 0.25) is 0 Å². The van der Waals surface area contributed by atoms with E-state index < -0.39 is 17.5 Å². The van der Waals surface area contributed by atoms with E-state index in [2.05, 4.69) is 26.5 Å². The van der Waals surface area contributed by atoms with Crippen molar-refractivity contribution in [3.63, 3.8) is 0 Å². The molecule has 0 saturated carbocycles. The quantitative estimate of drug-likeness (QED) is 0.238. The van der Waals surface area contributed by atoms with Gasteiger partial charge < -0.3 is 20.7 Å². The summed E-state index contributed by atoms with van der Waals surface area (Å²) in [4.78, 5) is 23.5. The molecule has 10 nitrogen and oxygen atoms in total. The van der Waals surface area contributed by atoms with Gasteiger partial charge in [-0.1, -0.05) is 6.07 Å². The number of nitriles is 1. The van der Waals surface area contributed by atoms with E-state index in [-0.39, 0.29) is 58.7 Å². The van der Waals surface area contributed by atoms with E-state index in [4.69, 9.17) is 10.5 Å². The maximum absolute atomic E-state index is 15.5. The molecule has 2 aliphatic heterocycles. The molecule has 2 saturated heterocycles. The van der Waals surface area contributed by atoms with Gasteiger partial charge in [0, 0.05) is 24.2 Å². The highest BCUT2D eigenvalue weighted by molar-refractivity contribution is 5.99. The molecule has 0 spiro atoms. The first-order valence-electron chi connectivity index (χ1n) is 13.9. The summed E-state index contributed by atoms with van der Waals surface area (Å²) in [5.74, 6) is -3.70. The number of hydrogen-bond donors (Lipinski definition) is 2. The van der Waals surface area contributed by atoms with Crippen molar-refractivity contribution in [2.45, 2.75) is 44.3 Å². The van der Waals surface area contributed by atoms with Crippen molar-refractivity contribution in [3.8, 4) is 28.8 Å². The summed E-state index contributed by atoms with van der Waals surface area (Å²) < 4.78 is 50.1. The molecule has 0 radical (unpaired) electrons. The Hall–Kier alpha value is -4.96. The van der Waals surface area contributed by atoms with Crippen LogP contribution in [-0.2, 0) is 11.3 Å². The van der Waals surface area contributed by atoms with Crippen molar-refractivity contribution < 1.29 is 22.7 Å². The minimum Gasteiger partial charge on any atom is -0.454 e. The van der Waals surface area contributed by atoms with E-state index in [1.807, 2.05) is 0 Å². The smallest absolute Gasteiger partial charge is 0.264 e. The highest BCUT2D eigenvalue weighted by Crippen LogP contribution is 2.35. The van der Waals surface area contributed by atoms with Crippen LogP contribution in [0.15, 0.2) is 54.4 Å². The number of aromatic nitrogens is 4. The number of nitrogens with two attached hydrogens (primary N) is 1. The second-order valence-electron chi connectivity index (χ2n) is 10.5. The van der Waals surface area contributed by atoms with E-state index in [1.165, 1.54) is 30.6 Å². The zero-order chi connectivity index (χ0) is 30.1. The van der Waals surface area contributed by atoms with Crippen LogP contribution in [0.25, 0.3) is 22.3 Å². The third-order valence-corrected chi connectivity index (χ3v) is 7.74. The lowest BCUT2D eigenvalue weighted by Gasteiger charge is -2.24. The third-order valence-electron chi connectivity index (χ3n) is 7.74. The van der Waals surface area contributed by atoms with Crippen LogP contribution in [0.4, 0.5) is 19.0 Å². The average Bonchev–Trinajstić information content (AvgIpc) is 3.76. The average molecular weight is 589 g/mol. The third kappa shape index (κ3) is 5.49. The fourth-order valence-electron chi connectivity index (χ4n) is 5.65. The van der Waals surface area contributed by atoms with Gasteiger partial charge in [-0.15, -0.1) is 0 Å². The second kappa shape index (κ2) is 11.7. The molecule has 43 heavy (non-hydrogen) atoms. The molecular formula is C30H27F3N8O2. The van der Waals surface area contributed by atoms with Crippen LogP contribution < -0.4 is 15.8 Å². The molecule has 1 amide bonds. The number of benzene rings is 2. The Morgan fingerprint density at radius 1 is 1.16 bits per heavy atom. The van der Waals surface area contributed by atoms with Gasteiger partial charge in [0.2, 0.25) is 5.82 Å². The zero-order valence-electron chi connectivity index (χ0n) is 22.9. The standard InChI is InChI=1S/C30H27F3N8O2/c31-22-6-1-7-24(26(22)33)43-20-8-9-21(23(32)13-20)27-25-28(35)37-16-38-29(25)41(39-27)15-19-5-3-11-40(19)30(42)17(14-34)12-18-4-2-10-36-18/h1,6-9,12-13,16,18-19,36H,2-5,10-11,15H2,(H2,35,37,38)/b17-12+/t18?,19-/m1/s1. The van der Waals surface area contributed by atoms with Crippen LogP contribution in [0.3, 0.4) is 0 Å². The van der Waals surface area contributed by atoms with Gasteiger partial charge in [-0.05, 0) is 62.6 Å². The number of anilines is 1. The molecule has 13 heteroatoms. The number of nitrogens with one attached hydrogen (secondary N) is 1. The molecule has 3 N–H and O–H groups in total. The van der Waals surface area contributed by atoms with Crippen molar-refractivity contribution in [2.24, 2.45) is 0 Å². The molecule has 4 aromatic rings. The predicted molar refractivity (Wildman–Crippen MR) is 151 cm³/mol. The van der Waals surface area contributed by atoms with Crippen molar-refractivity contribution in [1.29, 1.82) is 5.26 Å². The molecule has 6 rings (SSSR count). The number of rotatable bonds is 7. The first-order valence-corrected chi connectivity index (χ1v) is 13.9. The Kier molecular flexibility index (Phi) is 7.69. The minimum absolute atomic E-state index is 0.00323. The summed E-state index contributed by atoms with van der Waals surface area (Å²) in [5.41, 5.74) is 6.90. The molecule has 4 heterocycles. The van der Waals surface area contributed by atoms with Gasteiger partial charge in [0.15, 0.2) is 17.2 Å². The van der Waals surface area contributed by atoms with Crippen LogP contribution in [0.5, 0.6) is 11.5 Å². The fraction of sp³-hybridized carbons (Fsp3) is 0.300. The molecule has 2 atom stereocenters. The number of ether oxygens (including phenoxy) is 1. The summed E-state index contributed by atoms with van der Waals surface area (Å²) in [7, 11) is 0. The van der Waals surface area contributed by atoms with Crippen molar-refractivity contribution >= 4 is 22.8 Å². The lowest BCUT2D eigenvalue weighted by Crippen LogP contribution is -2.39. The van der Waals surface area contributed by atoms with Crippen molar-refractivity contribution in [1.82, 2.24) is 30.0 Å². The Balaban J connectivity index is 1.30. The maximum atomic E-state index is 15.5. The SMILES string of the molecule is N#C/C(=C\C1CCCN1)C(=O)N1CCC[C@@H]1Cn1nc(-c2ccc(Oc3cccc(F)c3F)cc2F)c2c(N)ncnc21. The van der Waals surface area contributed by atoms with E-state index in [0.29, 0.717) is 24.0 Å². The Labute approximate surface area is 244 Å². The van der Waals surface area contributed by atoms with E-state index in [0.717, 1.165) is 37.9 Å². The number of hydrogen-bond acceptors (Lipinski definition) is 8. The van der Waals surface area contributed by atoms with Gasteiger partial charge in [0.1, 0.15) is 41.0 Å². The molecule has 220 valence electrons. The minimum atomic E-state index is -1.19. The van der Waals surface area contributed by atoms with Crippen molar-refractivity contribution in [2.75, 3.05) is 18.8 Å². The summed E-state index contributed by atoms with van der Waals surface area (Å²) in [5, 5.41) is 18.0. The molecule has 0 bridgehead atoms. The Bertz CT molecular complexity index is 1780. The lowest BCUT2D eigenvalue weighted by atomic mass is 10.1. The fourth-order valence-corrected chi connectivity index (χ4v) is 5.65. The lowest BCUT2D eigenvalue weighted by molar-refractivity contribution is -0.127. The molecular weight excluding hydrogens is 561 g/mol. The normalized spacial score (nSPS) is 18.7.